The Morgan fingerprint density at radius 2 is 2.00 bits per heavy atom. The van der Waals surface area contributed by atoms with E-state index in [1.165, 1.54) is 0 Å². The molecule has 0 fully saturated rings. The van der Waals surface area contributed by atoms with Gasteiger partial charge in [-0.1, -0.05) is 19.1 Å². The van der Waals surface area contributed by atoms with Crippen molar-refractivity contribution in [2.75, 3.05) is 7.11 Å². The highest BCUT2D eigenvalue weighted by Crippen LogP contribution is 2.27. The first kappa shape index (κ1) is 17.9. The van der Waals surface area contributed by atoms with E-state index in [4.69, 9.17) is 4.74 Å². The molecule has 1 atom stereocenters. The number of para-hydroxylation sites is 2. The molecule has 0 saturated carbocycles. The van der Waals surface area contributed by atoms with Gasteiger partial charge < -0.3 is 19.9 Å². The zero-order chi connectivity index (χ0) is 17.7. The minimum Gasteiger partial charge on any atom is -0.495 e. The third kappa shape index (κ3) is 3.91. The Kier molecular flexibility index (Phi) is 5.90. The Balaban J connectivity index is 2.19. The van der Waals surface area contributed by atoms with Crippen molar-refractivity contribution in [1.82, 2.24) is 15.2 Å². The van der Waals surface area contributed by atoms with E-state index in [9.17, 15) is 4.79 Å². The largest absolute Gasteiger partial charge is 0.495 e. The van der Waals surface area contributed by atoms with Crippen molar-refractivity contribution in [3.63, 3.8) is 0 Å². The Morgan fingerprint density at radius 3 is 2.67 bits per heavy atom. The number of methoxy groups -OCH3 is 1. The highest BCUT2D eigenvalue weighted by atomic mass is 16.5. The second kappa shape index (κ2) is 7.90. The monoisotopic (exact) mass is 329 g/mol. The van der Waals surface area contributed by atoms with E-state index in [2.05, 4.69) is 35.1 Å². The number of carbonyl (C=O) groups is 1. The van der Waals surface area contributed by atoms with E-state index in [-0.39, 0.29) is 12.1 Å². The van der Waals surface area contributed by atoms with Gasteiger partial charge in [0.2, 0.25) is 0 Å². The molecular weight excluding hydrogens is 302 g/mol. The average molecular weight is 329 g/mol. The predicted molar refractivity (Wildman–Crippen MR) is 96.9 cm³/mol. The van der Waals surface area contributed by atoms with E-state index in [1.807, 2.05) is 38.1 Å². The molecule has 0 unspecified atom stereocenters. The number of nitrogens with zero attached hydrogens (tertiary/aromatic N) is 1. The highest BCUT2D eigenvalue weighted by molar-refractivity contribution is 5.74. The van der Waals surface area contributed by atoms with Gasteiger partial charge in [0, 0.05) is 24.0 Å². The van der Waals surface area contributed by atoms with Crippen molar-refractivity contribution in [2.45, 2.75) is 46.7 Å². The number of nitrogens with one attached hydrogen (secondary N) is 2. The van der Waals surface area contributed by atoms with Gasteiger partial charge in [0.05, 0.1) is 12.8 Å². The third-order valence-electron chi connectivity index (χ3n) is 4.29. The Bertz CT molecular complexity index is 707. The molecule has 5 nitrogen and oxygen atoms in total. The van der Waals surface area contributed by atoms with Crippen molar-refractivity contribution in [2.24, 2.45) is 0 Å². The van der Waals surface area contributed by atoms with Crippen molar-refractivity contribution in [3.8, 4) is 11.4 Å². The van der Waals surface area contributed by atoms with Gasteiger partial charge in [0.15, 0.2) is 0 Å². The number of aromatic nitrogens is 1. The lowest BCUT2D eigenvalue weighted by atomic mass is 10.2. The summed E-state index contributed by atoms with van der Waals surface area (Å²) in [5, 5.41) is 5.84. The molecule has 1 aromatic heterocycles. The van der Waals surface area contributed by atoms with Crippen LogP contribution in [0.1, 0.15) is 37.2 Å². The summed E-state index contributed by atoms with van der Waals surface area (Å²) in [6, 6.07) is 10.1. The lowest BCUT2D eigenvalue weighted by molar-refractivity contribution is 0.237. The molecule has 0 bridgehead atoms. The Labute approximate surface area is 144 Å². The minimum absolute atomic E-state index is 0.133. The van der Waals surface area contributed by atoms with Crippen LogP contribution in [-0.4, -0.2) is 23.7 Å². The van der Waals surface area contributed by atoms with Gasteiger partial charge in [0.1, 0.15) is 5.75 Å². The number of rotatable bonds is 6. The molecule has 1 heterocycles. The fourth-order valence-corrected chi connectivity index (χ4v) is 2.75. The Morgan fingerprint density at radius 1 is 1.29 bits per heavy atom. The van der Waals surface area contributed by atoms with Crippen LogP contribution >= 0.6 is 0 Å². The van der Waals surface area contributed by atoms with Crippen LogP contribution in [0.15, 0.2) is 30.3 Å². The second-order valence-corrected chi connectivity index (χ2v) is 6.04. The molecule has 130 valence electrons. The van der Waals surface area contributed by atoms with Crippen LogP contribution in [0, 0.1) is 13.8 Å². The van der Waals surface area contributed by atoms with E-state index in [1.54, 1.807) is 7.11 Å². The fourth-order valence-electron chi connectivity index (χ4n) is 2.75. The summed E-state index contributed by atoms with van der Waals surface area (Å²) in [6.07, 6.45) is 0.912. The Hall–Kier alpha value is -2.43. The lowest BCUT2D eigenvalue weighted by Gasteiger charge is -2.14. The molecule has 0 spiro atoms. The fraction of sp³-hybridized carbons (Fsp3) is 0.421. The lowest BCUT2D eigenvalue weighted by Crippen LogP contribution is -2.40. The number of carbonyl (C=O) groups excluding carboxylic acids is 1. The van der Waals surface area contributed by atoms with E-state index < -0.39 is 0 Å². The standard InChI is InChI=1S/C19H27N3O2/c1-6-13(2)21-19(23)20-12-16-11-14(3)22(15(16)4)17-9-7-8-10-18(17)24-5/h7-11,13H,6,12H2,1-5H3,(H2,20,21,23)/t13-/m0/s1. The van der Waals surface area contributed by atoms with Crippen molar-refractivity contribution >= 4 is 6.03 Å². The van der Waals surface area contributed by atoms with Gasteiger partial charge in [-0.2, -0.15) is 0 Å². The zero-order valence-corrected chi connectivity index (χ0v) is 15.1. The van der Waals surface area contributed by atoms with E-state index in [0.717, 1.165) is 34.8 Å². The van der Waals surface area contributed by atoms with Gasteiger partial charge in [-0.25, -0.2) is 4.79 Å². The van der Waals surface area contributed by atoms with Crippen molar-refractivity contribution in [1.29, 1.82) is 0 Å². The summed E-state index contributed by atoms with van der Waals surface area (Å²) >= 11 is 0. The van der Waals surface area contributed by atoms with Crippen LogP contribution in [-0.2, 0) is 6.54 Å². The van der Waals surface area contributed by atoms with Crippen molar-refractivity contribution < 1.29 is 9.53 Å². The summed E-state index contributed by atoms with van der Waals surface area (Å²) < 4.78 is 7.63. The molecule has 0 saturated heterocycles. The maximum atomic E-state index is 11.9. The molecule has 2 N–H and O–H groups in total. The second-order valence-electron chi connectivity index (χ2n) is 6.04. The van der Waals surface area contributed by atoms with Crippen LogP contribution in [0.4, 0.5) is 4.79 Å². The third-order valence-corrected chi connectivity index (χ3v) is 4.29. The topological polar surface area (TPSA) is 55.3 Å². The first-order valence-electron chi connectivity index (χ1n) is 8.33. The van der Waals surface area contributed by atoms with Crippen LogP contribution < -0.4 is 15.4 Å². The van der Waals surface area contributed by atoms with Crippen molar-refractivity contribution in [3.05, 3.63) is 47.3 Å². The smallest absolute Gasteiger partial charge is 0.315 e. The summed E-state index contributed by atoms with van der Waals surface area (Å²) in [5.74, 6) is 0.827. The van der Waals surface area contributed by atoms with E-state index >= 15 is 0 Å². The van der Waals surface area contributed by atoms with Crippen LogP contribution in [0.3, 0.4) is 0 Å². The number of urea groups is 1. The highest BCUT2D eigenvalue weighted by Gasteiger charge is 2.14. The van der Waals surface area contributed by atoms with Crippen LogP contribution in [0.2, 0.25) is 0 Å². The number of benzene rings is 1. The first-order chi connectivity index (χ1) is 11.5. The minimum atomic E-state index is -0.133. The summed E-state index contributed by atoms with van der Waals surface area (Å²) in [4.78, 5) is 11.9. The number of amides is 2. The zero-order valence-electron chi connectivity index (χ0n) is 15.1. The number of aryl methyl sites for hydroxylation is 1. The van der Waals surface area contributed by atoms with Gasteiger partial charge in [-0.3, -0.25) is 0 Å². The predicted octanol–water partition coefficient (Wildman–Crippen LogP) is 3.70. The molecule has 2 rings (SSSR count). The SMILES string of the molecule is CC[C@H](C)NC(=O)NCc1cc(C)n(-c2ccccc2OC)c1C. The average Bonchev–Trinajstić information content (AvgIpc) is 2.86. The molecule has 2 amide bonds. The molecule has 0 aliphatic heterocycles. The van der Waals surface area contributed by atoms with Gasteiger partial charge in [-0.05, 0) is 51.0 Å². The van der Waals surface area contributed by atoms with Gasteiger partial charge in [0.25, 0.3) is 0 Å². The molecule has 1 aromatic carbocycles. The molecular formula is C19H27N3O2. The molecule has 0 aliphatic carbocycles. The summed E-state index contributed by atoms with van der Waals surface area (Å²) in [5.41, 5.74) is 4.31. The molecule has 0 radical (unpaired) electrons. The quantitative estimate of drug-likeness (QED) is 0.849. The molecule has 0 aliphatic rings. The van der Waals surface area contributed by atoms with Gasteiger partial charge >= 0.3 is 6.03 Å². The summed E-state index contributed by atoms with van der Waals surface area (Å²) in [7, 11) is 1.68. The maximum absolute atomic E-state index is 11.9. The first-order valence-corrected chi connectivity index (χ1v) is 8.33. The molecule has 5 heteroatoms. The molecule has 24 heavy (non-hydrogen) atoms. The number of ether oxygens (including phenoxy) is 1. The number of hydrogen-bond acceptors (Lipinski definition) is 2. The van der Waals surface area contributed by atoms with Crippen LogP contribution in [0.5, 0.6) is 5.75 Å². The van der Waals surface area contributed by atoms with Crippen LogP contribution in [0.25, 0.3) is 5.69 Å². The maximum Gasteiger partial charge on any atom is 0.315 e. The van der Waals surface area contributed by atoms with E-state index in [0.29, 0.717) is 6.54 Å². The number of hydrogen-bond donors (Lipinski definition) is 2. The molecule has 2 aromatic rings. The van der Waals surface area contributed by atoms with Gasteiger partial charge in [-0.15, -0.1) is 0 Å². The summed E-state index contributed by atoms with van der Waals surface area (Å²) in [6.45, 7) is 8.65. The normalized spacial score (nSPS) is 11.9.